The fraction of sp³-hybridized carbons (Fsp3) is 0.222. The van der Waals surface area contributed by atoms with Crippen LogP contribution in [0.5, 0.6) is 0 Å². The number of nitrogens with one attached hydrogen (secondary N) is 1. The molecule has 0 aliphatic carbocycles. The van der Waals surface area contributed by atoms with Gasteiger partial charge in [-0.15, -0.1) is 0 Å². The Kier molecular flexibility index (Phi) is 3.39. The van der Waals surface area contributed by atoms with Gasteiger partial charge in [0, 0.05) is 24.7 Å². The third kappa shape index (κ3) is 3.38. The maximum atomic E-state index is 12.6. The van der Waals surface area contributed by atoms with Crippen molar-refractivity contribution in [2.45, 2.75) is 6.42 Å². The molecule has 0 unspecified atom stereocenters. The van der Waals surface area contributed by atoms with Gasteiger partial charge in [0.1, 0.15) is 11.6 Å². The zero-order chi connectivity index (χ0) is 10.6. The van der Waals surface area contributed by atoms with Gasteiger partial charge in [-0.2, -0.15) is 0 Å². The molecular weight excluding hydrogens is 190 g/mol. The van der Waals surface area contributed by atoms with Crippen molar-refractivity contribution in [1.29, 1.82) is 0 Å². The molecule has 0 aliphatic heterocycles. The molecule has 1 amide bonds. The van der Waals surface area contributed by atoms with E-state index in [4.69, 9.17) is 5.73 Å². The SMILES string of the molecule is NC(=O)CCNc1cc(F)cc(F)c1. The molecule has 0 fully saturated rings. The molecule has 14 heavy (non-hydrogen) atoms. The highest BCUT2D eigenvalue weighted by molar-refractivity contribution is 5.74. The van der Waals surface area contributed by atoms with Gasteiger partial charge in [0.2, 0.25) is 5.91 Å². The Morgan fingerprint density at radius 1 is 1.29 bits per heavy atom. The summed E-state index contributed by atoms with van der Waals surface area (Å²) in [6.45, 7) is 0.262. The van der Waals surface area contributed by atoms with Crippen molar-refractivity contribution in [3.8, 4) is 0 Å². The minimum absolute atomic E-state index is 0.123. The molecule has 0 saturated carbocycles. The Morgan fingerprint density at radius 2 is 1.86 bits per heavy atom. The number of rotatable bonds is 4. The zero-order valence-corrected chi connectivity index (χ0v) is 7.39. The minimum Gasteiger partial charge on any atom is -0.384 e. The molecule has 0 bridgehead atoms. The lowest BCUT2D eigenvalue weighted by Crippen LogP contribution is -2.15. The molecule has 3 N–H and O–H groups in total. The molecule has 3 nitrogen and oxygen atoms in total. The molecule has 0 aliphatic rings. The van der Waals surface area contributed by atoms with Crippen LogP contribution in [0.3, 0.4) is 0 Å². The quantitative estimate of drug-likeness (QED) is 0.768. The molecule has 1 aromatic rings. The molecule has 5 heteroatoms. The largest absolute Gasteiger partial charge is 0.384 e. The summed E-state index contributed by atoms with van der Waals surface area (Å²) in [7, 11) is 0. The number of halogens is 2. The fourth-order valence-electron chi connectivity index (χ4n) is 0.986. The summed E-state index contributed by atoms with van der Waals surface area (Å²) in [6, 6.07) is 3.06. The average Bonchev–Trinajstić information content (AvgIpc) is 2.01. The second-order valence-electron chi connectivity index (χ2n) is 2.80. The molecule has 0 atom stereocenters. The summed E-state index contributed by atoms with van der Waals surface area (Å²) in [5.41, 5.74) is 5.18. The first-order valence-corrected chi connectivity index (χ1v) is 4.06. The Balaban J connectivity index is 2.54. The lowest BCUT2D eigenvalue weighted by molar-refractivity contribution is -0.117. The third-order valence-corrected chi connectivity index (χ3v) is 1.56. The molecule has 0 radical (unpaired) electrons. The molecule has 1 rings (SSSR count). The van der Waals surface area contributed by atoms with Gasteiger partial charge >= 0.3 is 0 Å². The minimum atomic E-state index is -0.661. The van der Waals surface area contributed by atoms with Crippen molar-refractivity contribution in [2.24, 2.45) is 5.73 Å². The van der Waals surface area contributed by atoms with Crippen molar-refractivity contribution in [2.75, 3.05) is 11.9 Å². The van der Waals surface area contributed by atoms with Crippen molar-refractivity contribution in [3.05, 3.63) is 29.8 Å². The van der Waals surface area contributed by atoms with E-state index in [2.05, 4.69) is 5.32 Å². The second kappa shape index (κ2) is 4.55. The maximum Gasteiger partial charge on any atom is 0.219 e. The van der Waals surface area contributed by atoms with Crippen LogP contribution in [0.1, 0.15) is 6.42 Å². The van der Waals surface area contributed by atoms with Crippen LogP contribution in [0, 0.1) is 11.6 Å². The van der Waals surface area contributed by atoms with Gasteiger partial charge in [0.05, 0.1) is 0 Å². The van der Waals surface area contributed by atoms with Crippen LogP contribution in [0.2, 0.25) is 0 Å². The monoisotopic (exact) mass is 200 g/mol. The maximum absolute atomic E-state index is 12.6. The average molecular weight is 200 g/mol. The van der Waals surface area contributed by atoms with E-state index in [0.717, 1.165) is 18.2 Å². The fourth-order valence-corrected chi connectivity index (χ4v) is 0.986. The lowest BCUT2D eigenvalue weighted by atomic mass is 10.3. The van der Waals surface area contributed by atoms with E-state index in [1.54, 1.807) is 0 Å². The Labute approximate surface area is 79.9 Å². The summed E-state index contributed by atoms with van der Waals surface area (Å²) in [6.07, 6.45) is 0.123. The van der Waals surface area contributed by atoms with Gasteiger partial charge in [-0.25, -0.2) is 8.78 Å². The molecular formula is C9H10F2N2O. The first-order valence-electron chi connectivity index (χ1n) is 4.06. The van der Waals surface area contributed by atoms with Crippen molar-refractivity contribution >= 4 is 11.6 Å². The van der Waals surface area contributed by atoms with E-state index in [1.165, 1.54) is 0 Å². The van der Waals surface area contributed by atoms with Crippen molar-refractivity contribution < 1.29 is 13.6 Å². The molecule has 0 spiro atoms. The summed E-state index contributed by atoms with van der Waals surface area (Å²) in [5.74, 6) is -1.78. The number of amides is 1. The van der Waals surface area contributed by atoms with Gasteiger partial charge in [-0.1, -0.05) is 0 Å². The van der Waals surface area contributed by atoms with E-state index in [0.29, 0.717) is 5.69 Å². The Bertz CT molecular complexity index is 321. The first kappa shape index (κ1) is 10.4. The number of hydrogen-bond acceptors (Lipinski definition) is 2. The van der Waals surface area contributed by atoms with Crippen molar-refractivity contribution in [1.82, 2.24) is 0 Å². The summed E-state index contributed by atoms with van der Waals surface area (Å²) in [4.78, 5) is 10.4. The van der Waals surface area contributed by atoms with Gasteiger partial charge in [-0.3, -0.25) is 4.79 Å². The van der Waals surface area contributed by atoms with E-state index >= 15 is 0 Å². The number of benzene rings is 1. The highest BCUT2D eigenvalue weighted by Gasteiger charge is 2.00. The summed E-state index contributed by atoms with van der Waals surface area (Å²) >= 11 is 0. The molecule has 0 aromatic heterocycles. The number of primary amides is 1. The van der Waals surface area contributed by atoms with Crippen molar-refractivity contribution in [3.63, 3.8) is 0 Å². The predicted molar refractivity (Wildman–Crippen MR) is 48.7 cm³/mol. The van der Waals surface area contributed by atoms with Crippen LogP contribution in [0.25, 0.3) is 0 Å². The van der Waals surface area contributed by atoms with Crippen LogP contribution in [-0.4, -0.2) is 12.5 Å². The third-order valence-electron chi connectivity index (χ3n) is 1.56. The summed E-state index contributed by atoms with van der Waals surface area (Å²) in [5, 5.41) is 2.68. The second-order valence-corrected chi connectivity index (χ2v) is 2.80. The number of nitrogens with two attached hydrogens (primary N) is 1. The van der Waals surface area contributed by atoms with E-state index in [1.807, 2.05) is 0 Å². The number of anilines is 1. The lowest BCUT2D eigenvalue weighted by Gasteiger charge is -2.04. The van der Waals surface area contributed by atoms with Gasteiger partial charge in [-0.05, 0) is 12.1 Å². The van der Waals surface area contributed by atoms with E-state index in [-0.39, 0.29) is 13.0 Å². The highest BCUT2D eigenvalue weighted by Crippen LogP contribution is 2.12. The highest BCUT2D eigenvalue weighted by atomic mass is 19.1. The molecule has 76 valence electrons. The zero-order valence-electron chi connectivity index (χ0n) is 7.39. The van der Waals surface area contributed by atoms with Crippen LogP contribution in [0.15, 0.2) is 18.2 Å². The van der Waals surface area contributed by atoms with E-state index < -0.39 is 17.5 Å². The van der Waals surface area contributed by atoms with Crippen LogP contribution >= 0.6 is 0 Å². The topological polar surface area (TPSA) is 55.1 Å². The van der Waals surface area contributed by atoms with Crippen LogP contribution < -0.4 is 11.1 Å². The van der Waals surface area contributed by atoms with Gasteiger partial charge in [0.15, 0.2) is 0 Å². The smallest absolute Gasteiger partial charge is 0.219 e. The van der Waals surface area contributed by atoms with Gasteiger partial charge in [0.25, 0.3) is 0 Å². The van der Waals surface area contributed by atoms with E-state index in [9.17, 15) is 13.6 Å². The molecule has 0 heterocycles. The molecule has 1 aromatic carbocycles. The molecule has 0 saturated heterocycles. The van der Waals surface area contributed by atoms with Crippen LogP contribution in [0.4, 0.5) is 14.5 Å². The summed E-state index contributed by atoms with van der Waals surface area (Å²) < 4.78 is 25.3. The number of carbonyl (C=O) groups excluding carboxylic acids is 1. The van der Waals surface area contributed by atoms with Crippen LogP contribution in [-0.2, 0) is 4.79 Å². The normalized spacial score (nSPS) is 9.86. The number of hydrogen-bond donors (Lipinski definition) is 2. The Morgan fingerprint density at radius 3 is 2.36 bits per heavy atom. The van der Waals surface area contributed by atoms with Gasteiger partial charge < -0.3 is 11.1 Å². The number of carbonyl (C=O) groups is 1. The standard InChI is InChI=1S/C9H10F2N2O/c10-6-3-7(11)5-8(4-6)13-2-1-9(12)14/h3-5,13H,1-2H2,(H2,12,14). The predicted octanol–water partition coefficient (Wildman–Crippen LogP) is 1.25. The first-order chi connectivity index (χ1) is 6.58. The Hall–Kier alpha value is -1.65.